The Morgan fingerprint density at radius 3 is 2.93 bits per heavy atom. The lowest BCUT2D eigenvalue weighted by atomic mass is 10.1. The standard InChI is InChI=1S/C17H19N9O/c1-25(9-11-5-4-6-12(7-11)15-21-23-24-22-15)16-13-8-18-26(2)17(13)20-14(19-16)10-27-3/h4-8H,9-10H2,1-3H3,(H,21,22,23,24). The molecule has 0 aliphatic rings. The highest BCUT2D eigenvalue weighted by Gasteiger charge is 2.15. The minimum absolute atomic E-state index is 0.343. The molecule has 0 atom stereocenters. The zero-order chi connectivity index (χ0) is 18.8. The molecule has 4 aromatic rings. The minimum Gasteiger partial charge on any atom is -0.377 e. The molecule has 0 aliphatic carbocycles. The molecule has 10 heteroatoms. The zero-order valence-electron chi connectivity index (χ0n) is 15.3. The summed E-state index contributed by atoms with van der Waals surface area (Å²) in [7, 11) is 5.49. The Kier molecular flexibility index (Phi) is 4.47. The largest absolute Gasteiger partial charge is 0.377 e. The van der Waals surface area contributed by atoms with E-state index >= 15 is 0 Å². The van der Waals surface area contributed by atoms with E-state index in [-0.39, 0.29) is 0 Å². The number of aromatic amines is 1. The van der Waals surface area contributed by atoms with Gasteiger partial charge in [-0.15, -0.1) is 10.2 Å². The van der Waals surface area contributed by atoms with Crippen LogP contribution >= 0.6 is 0 Å². The van der Waals surface area contributed by atoms with E-state index in [1.165, 1.54) is 0 Å². The molecule has 0 fully saturated rings. The number of nitrogens with one attached hydrogen (secondary N) is 1. The SMILES string of the molecule is COCc1nc(N(C)Cc2cccc(-c3nn[nH]n3)c2)c2cnn(C)c2n1. The fourth-order valence-corrected chi connectivity index (χ4v) is 2.98. The third-order valence-electron chi connectivity index (χ3n) is 4.20. The number of nitrogens with zero attached hydrogens (tertiary/aromatic N) is 8. The first-order chi connectivity index (χ1) is 13.2. The topological polar surface area (TPSA) is 111 Å². The molecule has 0 unspecified atom stereocenters. The molecule has 27 heavy (non-hydrogen) atoms. The summed E-state index contributed by atoms with van der Waals surface area (Å²) >= 11 is 0. The Morgan fingerprint density at radius 1 is 1.26 bits per heavy atom. The molecule has 10 nitrogen and oxygen atoms in total. The molecule has 0 aliphatic heterocycles. The molecular formula is C17H19N9O. The smallest absolute Gasteiger partial charge is 0.204 e. The number of ether oxygens (including phenoxy) is 1. The number of benzene rings is 1. The van der Waals surface area contributed by atoms with Crippen LogP contribution in [-0.2, 0) is 24.9 Å². The second kappa shape index (κ2) is 7.08. The highest BCUT2D eigenvalue weighted by molar-refractivity contribution is 5.86. The Labute approximate surface area is 155 Å². The summed E-state index contributed by atoms with van der Waals surface area (Å²) in [6.07, 6.45) is 1.79. The van der Waals surface area contributed by atoms with Crippen molar-refractivity contribution >= 4 is 16.9 Å². The quantitative estimate of drug-likeness (QED) is 0.545. The third kappa shape index (κ3) is 3.34. The molecule has 138 valence electrons. The Balaban J connectivity index is 1.67. The third-order valence-corrected chi connectivity index (χ3v) is 4.20. The first-order valence-corrected chi connectivity index (χ1v) is 8.37. The van der Waals surface area contributed by atoms with E-state index in [0.717, 1.165) is 28.0 Å². The van der Waals surface area contributed by atoms with Crippen LogP contribution in [0.15, 0.2) is 30.5 Å². The van der Waals surface area contributed by atoms with E-state index in [4.69, 9.17) is 4.74 Å². The maximum Gasteiger partial charge on any atom is 0.204 e. The van der Waals surface area contributed by atoms with E-state index in [9.17, 15) is 0 Å². The van der Waals surface area contributed by atoms with Crippen LogP contribution in [0.25, 0.3) is 22.4 Å². The van der Waals surface area contributed by atoms with Crippen molar-refractivity contribution in [2.45, 2.75) is 13.2 Å². The molecule has 0 amide bonds. The maximum absolute atomic E-state index is 5.21. The van der Waals surface area contributed by atoms with Crippen LogP contribution in [0.5, 0.6) is 0 Å². The van der Waals surface area contributed by atoms with Gasteiger partial charge < -0.3 is 9.64 Å². The predicted octanol–water partition coefficient (Wildman–Crippen LogP) is 1.33. The van der Waals surface area contributed by atoms with Gasteiger partial charge in [-0.05, 0) is 16.8 Å². The molecule has 4 rings (SSSR count). The lowest BCUT2D eigenvalue weighted by Gasteiger charge is -2.20. The number of H-pyrrole nitrogens is 1. The van der Waals surface area contributed by atoms with E-state index in [1.54, 1.807) is 18.0 Å². The number of fused-ring (bicyclic) bond motifs is 1. The Bertz CT molecular complexity index is 1060. The summed E-state index contributed by atoms with van der Waals surface area (Å²) in [5.41, 5.74) is 2.78. The van der Waals surface area contributed by atoms with Gasteiger partial charge in [0.2, 0.25) is 5.82 Å². The van der Waals surface area contributed by atoms with Gasteiger partial charge in [-0.25, -0.2) is 9.97 Å². The first kappa shape index (κ1) is 17.0. The molecule has 0 radical (unpaired) electrons. The number of anilines is 1. The number of tetrazole rings is 1. The normalized spacial score (nSPS) is 11.2. The number of aromatic nitrogens is 8. The van der Waals surface area contributed by atoms with E-state index < -0.39 is 0 Å². The lowest BCUT2D eigenvalue weighted by Crippen LogP contribution is -2.19. The second-order valence-electron chi connectivity index (χ2n) is 6.19. The summed E-state index contributed by atoms with van der Waals surface area (Å²) in [5.74, 6) is 2.00. The maximum atomic E-state index is 5.21. The van der Waals surface area contributed by atoms with Crippen molar-refractivity contribution in [2.24, 2.45) is 7.05 Å². The van der Waals surface area contributed by atoms with Crippen LogP contribution in [-0.4, -0.2) is 54.5 Å². The van der Waals surface area contributed by atoms with Crippen molar-refractivity contribution in [3.05, 3.63) is 41.9 Å². The summed E-state index contributed by atoms with van der Waals surface area (Å²) in [6.45, 7) is 0.994. The monoisotopic (exact) mass is 365 g/mol. The number of aryl methyl sites for hydroxylation is 1. The van der Waals surface area contributed by atoms with Gasteiger partial charge in [0, 0.05) is 33.3 Å². The highest BCUT2D eigenvalue weighted by Crippen LogP contribution is 2.25. The van der Waals surface area contributed by atoms with Crippen LogP contribution < -0.4 is 4.90 Å². The van der Waals surface area contributed by atoms with Crippen LogP contribution in [0.1, 0.15) is 11.4 Å². The minimum atomic E-state index is 0.343. The van der Waals surface area contributed by atoms with Gasteiger partial charge in [-0.2, -0.15) is 10.3 Å². The number of methoxy groups -OCH3 is 1. The highest BCUT2D eigenvalue weighted by atomic mass is 16.5. The molecule has 1 N–H and O–H groups in total. The van der Waals surface area contributed by atoms with Gasteiger partial charge in [0.15, 0.2) is 11.5 Å². The van der Waals surface area contributed by atoms with Crippen molar-refractivity contribution in [3.63, 3.8) is 0 Å². The first-order valence-electron chi connectivity index (χ1n) is 8.37. The van der Waals surface area contributed by atoms with Gasteiger partial charge in [0.1, 0.15) is 12.4 Å². The molecule has 0 saturated carbocycles. The van der Waals surface area contributed by atoms with Crippen LogP contribution in [0.2, 0.25) is 0 Å². The van der Waals surface area contributed by atoms with Crippen molar-refractivity contribution in [2.75, 3.05) is 19.1 Å². The van der Waals surface area contributed by atoms with E-state index in [0.29, 0.717) is 24.8 Å². The molecule has 3 heterocycles. The van der Waals surface area contributed by atoms with Gasteiger partial charge in [0.25, 0.3) is 0 Å². The van der Waals surface area contributed by atoms with Gasteiger partial charge in [-0.3, -0.25) is 4.68 Å². The van der Waals surface area contributed by atoms with E-state index in [2.05, 4.69) is 46.7 Å². The number of rotatable bonds is 6. The second-order valence-corrected chi connectivity index (χ2v) is 6.19. The van der Waals surface area contributed by atoms with Gasteiger partial charge in [-0.1, -0.05) is 18.2 Å². The molecule has 0 spiro atoms. The van der Waals surface area contributed by atoms with Crippen molar-refractivity contribution < 1.29 is 4.74 Å². The van der Waals surface area contributed by atoms with E-state index in [1.807, 2.05) is 32.3 Å². The van der Waals surface area contributed by atoms with Crippen molar-refractivity contribution in [1.29, 1.82) is 0 Å². The molecule has 1 aromatic carbocycles. The number of hydrogen-bond acceptors (Lipinski definition) is 8. The molecular weight excluding hydrogens is 346 g/mol. The van der Waals surface area contributed by atoms with Crippen molar-refractivity contribution in [1.82, 2.24) is 40.4 Å². The Hall–Kier alpha value is -3.40. The number of hydrogen-bond donors (Lipinski definition) is 1. The molecule has 0 bridgehead atoms. The van der Waals surface area contributed by atoms with Crippen LogP contribution in [0, 0.1) is 0 Å². The summed E-state index contributed by atoms with van der Waals surface area (Å²) in [5, 5.41) is 19.4. The average Bonchev–Trinajstić information content (AvgIpc) is 3.32. The average molecular weight is 365 g/mol. The predicted molar refractivity (Wildman–Crippen MR) is 98.7 cm³/mol. The fourth-order valence-electron chi connectivity index (χ4n) is 2.98. The summed E-state index contributed by atoms with van der Waals surface area (Å²) < 4.78 is 6.95. The Morgan fingerprint density at radius 2 is 2.15 bits per heavy atom. The van der Waals surface area contributed by atoms with Crippen molar-refractivity contribution in [3.8, 4) is 11.4 Å². The lowest BCUT2D eigenvalue weighted by molar-refractivity contribution is 0.178. The van der Waals surface area contributed by atoms with Gasteiger partial charge >= 0.3 is 0 Å². The molecule has 3 aromatic heterocycles. The fraction of sp³-hybridized carbons (Fsp3) is 0.294. The van der Waals surface area contributed by atoms with Gasteiger partial charge in [0.05, 0.1) is 11.6 Å². The van der Waals surface area contributed by atoms with Crippen LogP contribution in [0.4, 0.5) is 5.82 Å². The zero-order valence-corrected chi connectivity index (χ0v) is 15.3. The summed E-state index contributed by atoms with van der Waals surface area (Å²) in [4.78, 5) is 11.3. The molecule has 0 saturated heterocycles. The van der Waals surface area contributed by atoms with Crippen LogP contribution in [0.3, 0.4) is 0 Å². The summed E-state index contributed by atoms with van der Waals surface area (Å²) in [6, 6.07) is 8.02.